The molecule has 2 rings (SSSR count). The third kappa shape index (κ3) is 4.55. The summed E-state index contributed by atoms with van der Waals surface area (Å²) < 4.78 is 0. The van der Waals surface area contributed by atoms with Crippen LogP contribution in [0.25, 0.3) is 0 Å². The minimum Gasteiger partial charge on any atom is -0.325 e. The first-order chi connectivity index (χ1) is 9.66. The molecule has 1 aliphatic heterocycles. The van der Waals surface area contributed by atoms with Crippen LogP contribution in [0.4, 0.5) is 0 Å². The average molecular weight is 288 g/mol. The topological polar surface area (TPSA) is 29.3 Å². The first kappa shape index (κ1) is 16.5. The largest absolute Gasteiger partial charge is 0.325 e. The lowest BCUT2D eigenvalue weighted by Gasteiger charge is -2.38. The van der Waals surface area contributed by atoms with Crippen LogP contribution < -0.4 is 5.73 Å². The Morgan fingerprint density at radius 3 is 1.95 bits per heavy atom. The van der Waals surface area contributed by atoms with Gasteiger partial charge < -0.3 is 5.73 Å². The molecule has 0 aliphatic carbocycles. The molecule has 0 amide bonds. The Morgan fingerprint density at radius 2 is 1.52 bits per heavy atom. The van der Waals surface area contributed by atoms with Crippen LogP contribution >= 0.6 is 0 Å². The van der Waals surface area contributed by atoms with Crippen LogP contribution in [-0.2, 0) is 12.0 Å². The summed E-state index contributed by atoms with van der Waals surface area (Å²) in [5.41, 5.74) is 9.30. The fraction of sp³-hybridized carbons (Fsp3) is 0.684. The molecule has 0 radical (unpaired) electrons. The molecule has 1 aromatic carbocycles. The molecular formula is C19H32N2. The van der Waals surface area contributed by atoms with Crippen molar-refractivity contribution < 1.29 is 0 Å². The summed E-state index contributed by atoms with van der Waals surface area (Å²) >= 11 is 0. The number of rotatable bonds is 3. The van der Waals surface area contributed by atoms with Crippen molar-refractivity contribution in [2.75, 3.05) is 13.1 Å². The van der Waals surface area contributed by atoms with E-state index in [9.17, 15) is 0 Å². The maximum Gasteiger partial charge on any atom is 0.0233 e. The Bertz CT molecular complexity index is 440. The molecular weight excluding hydrogens is 256 g/mol. The predicted molar refractivity (Wildman–Crippen MR) is 91.4 cm³/mol. The molecule has 0 bridgehead atoms. The van der Waals surface area contributed by atoms with E-state index in [1.165, 1.54) is 37.1 Å². The summed E-state index contributed by atoms with van der Waals surface area (Å²) in [5, 5.41) is 0. The van der Waals surface area contributed by atoms with E-state index in [2.05, 4.69) is 63.8 Å². The van der Waals surface area contributed by atoms with Crippen molar-refractivity contribution in [3.63, 3.8) is 0 Å². The highest BCUT2D eigenvalue weighted by Gasteiger charge is 2.29. The van der Waals surface area contributed by atoms with E-state index < -0.39 is 0 Å². The molecule has 1 saturated heterocycles. The molecule has 2 N–H and O–H groups in total. The zero-order chi connectivity index (χ0) is 15.7. The summed E-state index contributed by atoms with van der Waals surface area (Å²) in [6, 6.07) is 9.15. The van der Waals surface area contributed by atoms with Gasteiger partial charge in [0.15, 0.2) is 0 Å². The summed E-state index contributed by atoms with van der Waals surface area (Å²) in [7, 11) is 0. The van der Waals surface area contributed by atoms with Gasteiger partial charge >= 0.3 is 0 Å². The van der Waals surface area contributed by atoms with Gasteiger partial charge in [-0.15, -0.1) is 0 Å². The van der Waals surface area contributed by atoms with Gasteiger partial charge in [-0.1, -0.05) is 45.0 Å². The fourth-order valence-electron chi connectivity index (χ4n) is 3.20. The van der Waals surface area contributed by atoms with Crippen LogP contribution in [0.1, 0.15) is 58.6 Å². The van der Waals surface area contributed by atoms with E-state index in [0.29, 0.717) is 5.92 Å². The molecule has 0 atom stereocenters. The van der Waals surface area contributed by atoms with Gasteiger partial charge in [0.05, 0.1) is 0 Å². The first-order valence-corrected chi connectivity index (χ1v) is 8.27. The molecule has 21 heavy (non-hydrogen) atoms. The zero-order valence-corrected chi connectivity index (χ0v) is 14.4. The SMILES string of the molecule is CC(C)(C)c1ccc(CN2CCC(C(C)(C)N)CC2)cc1. The Hall–Kier alpha value is -0.860. The Morgan fingerprint density at radius 1 is 1.00 bits per heavy atom. The highest BCUT2D eigenvalue weighted by Crippen LogP contribution is 2.27. The summed E-state index contributed by atoms with van der Waals surface area (Å²) in [5.74, 6) is 0.664. The van der Waals surface area contributed by atoms with Gasteiger partial charge in [-0.05, 0) is 62.2 Å². The van der Waals surface area contributed by atoms with Crippen molar-refractivity contribution in [2.45, 2.75) is 65.0 Å². The van der Waals surface area contributed by atoms with Crippen LogP contribution in [0.3, 0.4) is 0 Å². The lowest BCUT2D eigenvalue weighted by molar-refractivity contribution is 0.138. The molecule has 0 unspecified atom stereocenters. The molecule has 0 aromatic heterocycles. The van der Waals surface area contributed by atoms with Crippen LogP contribution in [0, 0.1) is 5.92 Å². The van der Waals surface area contributed by atoms with Gasteiger partial charge in [0.1, 0.15) is 0 Å². The van der Waals surface area contributed by atoms with Gasteiger partial charge in [0.25, 0.3) is 0 Å². The van der Waals surface area contributed by atoms with Crippen molar-refractivity contribution in [1.29, 1.82) is 0 Å². The van der Waals surface area contributed by atoms with E-state index in [1.54, 1.807) is 0 Å². The number of nitrogens with zero attached hydrogens (tertiary/aromatic N) is 1. The lowest BCUT2D eigenvalue weighted by Crippen LogP contribution is -2.46. The molecule has 0 spiro atoms. The van der Waals surface area contributed by atoms with Gasteiger partial charge in [0, 0.05) is 12.1 Å². The number of likely N-dealkylation sites (tertiary alicyclic amines) is 1. The standard InChI is InChI=1S/C19H32N2/c1-18(2,3)16-8-6-15(7-9-16)14-21-12-10-17(11-13-21)19(4,5)20/h6-9,17H,10-14,20H2,1-5H3. The van der Waals surface area contributed by atoms with Gasteiger partial charge in [-0.25, -0.2) is 0 Å². The fourth-order valence-corrected chi connectivity index (χ4v) is 3.20. The molecule has 0 saturated carbocycles. The minimum atomic E-state index is -0.0273. The summed E-state index contributed by atoms with van der Waals surface area (Å²) in [6.45, 7) is 14.5. The zero-order valence-electron chi connectivity index (χ0n) is 14.4. The third-order valence-electron chi connectivity index (χ3n) is 4.87. The lowest BCUT2D eigenvalue weighted by atomic mass is 9.81. The second-order valence-electron chi connectivity index (χ2n) is 8.32. The third-order valence-corrected chi connectivity index (χ3v) is 4.87. The molecule has 118 valence electrons. The molecule has 1 heterocycles. The number of hydrogen-bond acceptors (Lipinski definition) is 2. The Balaban J connectivity index is 1.89. The monoisotopic (exact) mass is 288 g/mol. The number of piperidine rings is 1. The second-order valence-corrected chi connectivity index (χ2v) is 8.32. The van der Waals surface area contributed by atoms with Crippen molar-refractivity contribution in [3.05, 3.63) is 35.4 Å². The normalized spacial score (nSPS) is 19.0. The van der Waals surface area contributed by atoms with Gasteiger partial charge in [-0.3, -0.25) is 4.90 Å². The maximum atomic E-state index is 6.25. The van der Waals surface area contributed by atoms with Gasteiger partial charge in [0.2, 0.25) is 0 Å². The molecule has 2 nitrogen and oxygen atoms in total. The van der Waals surface area contributed by atoms with Gasteiger partial charge in [-0.2, -0.15) is 0 Å². The van der Waals surface area contributed by atoms with Crippen molar-refractivity contribution in [1.82, 2.24) is 4.90 Å². The van der Waals surface area contributed by atoms with Crippen LogP contribution in [0.2, 0.25) is 0 Å². The maximum absolute atomic E-state index is 6.25. The molecule has 1 aliphatic rings. The van der Waals surface area contributed by atoms with E-state index in [4.69, 9.17) is 5.73 Å². The van der Waals surface area contributed by atoms with Crippen molar-refractivity contribution >= 4 is 0 Å². The highest BCUT2D eigenvalue weighted by atomic mass is 15.1. The second kappa shape index (κ2) is 6.10. The predicted octanol–water partition coefficient (Wildman–Crippen LogP) is 3.93. The first-order valence-electron chi connectivity index (χ1n) is 8.27. The smallest absolute Gasteiger partial charge is 0.0233 e. The number of nitrogens with two attached hydrogens (primary N) is 1. The van der Waals surface area contributed by atoms with E-state index >= 15 is 0 Å². The van der Waals surface area contributed by atoms with Crippen LogP contribution in [0.5, 0.6) is 0 Å². The van der Waals surface area contributed by atoms with E-state index in [1.807, 2.05) is 0 Å². The minimum absolute atomic E-state index is 0.0273. The molecule has 2 heteroatoms. The van der Waals surface area contributed by atoms with Crippen LogP contribution in [-0.4, -0.2) is 23.5 Å². The van der Waals surface area contributed by atoms with Crippen LogP contribution in [0.15, 0.2) is 24.3 Å². The summed E-state index contributed by atoms with van der Waals surface area (Å²) in [4.78, 5) is 2.56. The van der Waals surface area contributed by atoms with Crippen molar-refractivity contribution in [2.24, 2.45) is 11.7 Å². The highest BCUT2D eigenvalue weighted by molar-refractivity contribution is 5.27. The summed E-state index contributed by atoms with van der Waals surface area (Å²) in [6.07, 6.45) is 2.45. The van der Waals surface area contributed by atoms with E-state index in [-0.39, 0.29) is 11.0 Å². The Labute approximate surface area is 130 Å². The molecule has 1 fully saturated rings. The average Bonchev–Trinajstić information content (AvgIpc) is 2.38. The Kier molecular flexibility index (Phi) is 4.79. The number of hydrogen-bond donors (Lipinski definition) is 1. The van der Waals surface area contributed by atoms with E-state index in [0.717, 1.165) is 6.54 Å². The van der Waals surface area contributed by atoms with Crippen molar-refractivity contribution in [3.8, 4) is 0 Å². The number of benzene rings is 1. The quantitative estimate of drug-likeness (QED) is 0.913. The molecule has 1 aromatic rings.